The van der Waals surface area contributed by atoms with Crippen molar-refractivity contribution in [1.82, 2.24) is 0 Å². The fourth-order valence-corrected chi connectivity index (χ4v) is 6.37. The first-order valence-corrected chi connectivity index (χ1v) is 8.06. The summed E-state index contributed by atoms with van der Waals surface area (Å²) in [5.74, 6) is 0. The number of hydrogen-bond donors (Lipinski definition) is 0. The van der Waals surface area contributed by atoms with Crippen LogP contribution in [0.25, 0.3) is 0 Å². The maximum Gasteiger partial charge on any atom is 0.0956 e. The normalized spacial score (nSPS) is 19.6. The van der Waals surface area contributed by atoms with Gasteiger partial charge in [0.2, 0.25) is 0 Å². The Morgan fingerprint density at radius 3 is 2.28 bits per heavy atom. The van der Waals surface area contributed by atoms with Gasteiger partial charge in [-0.15, -0.1) is 23.5 Å². The second kappa shape index (κ2) is 4.07. The lowest BCUT2D eigenvalue weighted by Crippen LogP contribution is -2.21. The Morgan fingerprint density at radius 1 is 0.833 bits per heavy atom. The van der Waals surface area contributed by atoms with E-state index in [0.29, 0.717) is 0 Å². The Morgan fingerprint density at radius 2 is 1.50 bits per heavy atom. The molecule has 1 aliphatic heterocycles. The number of rotatable bonds is 0. The van der Waals surface area contributed by atoms with Crippen molar-refractivity contribution in [3.8, 4) is 0 Å². The highest BCUT2D eigenvalue weighted by Gasteiger charge is 2.43. The minimum absolute atomic E-state index is 0.249. The van der Waals surface area contributed by atoms with Crippen molar-refractivity contribution in [1.29, 1.82) is 0 Å². The van der Waals surface area contributed by atoms with E-state index in [1.807, 2.05) is 0 Å². The van der Waals surface area contributed by atoms with Gasteiger partial charge in [0.25, 0.3) is 0 Å². The molecule has 1 aliphatic carbocycles. The summed E-state index contributed by atoms with van der Waals surface area (Å²) < 4.78 is 0.249. The molecular weight excluding hydrogens is 256 g/mol. The van der Waals surface area contributed by atoms with E-state index in [1.54, 1.807) is 11.1 Å². The first-order chi connectivity index (χ1) is 8.87. The molecule has 1 heterocycles. The SMILES string of the molecule is c1ccc2c(c1)CCCC21Sc2ccccc2S1. The van der Waals surface area contributed by atoms with Crippen LogP contribution in [0.5, 0.6) is 0 Å². The van der Waals surface area contributed by atoms with Gasteiger partial charge < -0.3 is 0 Å². The molecule has 90 valence electrons. The predicted octanol–water partition coefficient (Wildman–Crippen LogP) is 5.07. The van der Waals surface area contributed by atoms with Crippen molar-refractivity contribution in [2.45, 2.75) is 33.1 Å². The Kier molecular flexibility index (Phi) is 2.49. The first-order valence-electron chi connectivity index (χ1n) is 6.43. The maximum absolute atomic E-state index is 2.33. The molecule has 0 radical (unpaired) electrons. The molecule has 0 aromatic heterocycles. The van der Waals surface area contributed by atoms with Gasteiger partial charge in [0.15, 0.2) is 0 Å². The fraction of sp³-hybridized carbons (Fsp3) is 0.250. The number of fused-ring (bicyclic) bond motifs is 3. The second-order valence-electron chi connectivity index (χ2n) is 4.91. The van der Waals surface area contributed by atoms with Gasteiger partial charge in [-0.1, -0.05) is 36.4 Å². The van der Waals surface area contributed by atoms with E-state index in [4.69, 9.17) is 0 Å². The molecule has 2 aromatic rings. The monoisotopic (exact) mass is 270 g/mol. The van der Waals surface area contributed by atoms with Gasteiger partial charge in [-0.05, 0) is 42.5 Å². The average molecular weight is 270 g/mol. The van der Waals surface area contributed by atoms with E-state index in [0.717, 1.165) is 0 Å². The molecule has 0 saturated carbocycles. The molecule has 4 rings (SSSR count). The lowest BCUT2D eigenvalue weighted by Gasteiger charge is -2.33. The van der Waals surface area contributed by atoms with Crippen molar-refractivity contribution < 1.29 is 0 Å². The highest BCUT2D eigenvalue weighted by Crippen LogP contribution is 2.65. The van der Waals surface area contributed by atoms with Gasteiger partial charge in [-0.2, -0.15) is 0 Å². The van der Waals surface area contributed by atoms with E-state index in [-0.39, 0.29) is 4.08 Å². The van der Waals surface area contributed by atoms with Crippen molar-refractivity contribution in [2.75, 3.05) is 0 Å². The third kappa shape index (κ3) is 1.55. The standard InChI is InChI=1S/C16H14S2/c1-2-8-13-12(6-1)7-5-11-16(13)17-14-9-3-4-10-15(14)18-16/h1-4,6,8-10H,5,7,11H2. The van der Waals surface area contributed by atoms with Crippen LogP contribution >= 0.6 is 23.5 Å². The summed E-state index contributed by atoms with van der Waals surface area (Å²) in [6.07, 6.45) is 3.84. The fourth-order valence-electron chi connectivity index (χ4n) is 2.96. The summed E-state index contributed by atoms with van der Waals surface area (Å²) in [7, 11) is 0. The maximum atomic E-state index is 2.33. The van der Waals surface area contributed by atoms with Gasteiger partial charge in [0.05, 0.1) is 4.08 Å². The summed E-state index contributed by atoms with van der Waals surface area (Å²) in [4.78, 5) is 2.92. The molecule has 2 aromatic carbocycles. The lowest BCUT2D eigenvalue weighted by molar-refractivity contribution is 0.643. The molecular formula is C16H14S2. The van der Waals surface area contributed by atoms with Crippen molar-refractivity contribution in [3.63, 3.8) is 0 Å². The van der Waals surface area contributed by atoms with Crippen LogP contribution in [0, 0.1) is 0 Å². The molecule has 2 heteroatoms. The molecule has 0 saturated heterocycles. The van der Waals surface area contributed by atoms with Crippen LogP contribution in [0.3, 0.4) is 0 Å². The Bertz CT molecular complexity index is 579. The zero-order valence-corrected chi connectivity index (χ0v) is 11.7. The topological polar surface area (TPSA) is 0 Å². The van der Waals surface area contributed by atoms with Gasteiger partial charge in [0.1, 0.15) is 0 Å². The van der Waals surface area contributed by atoms with Crippen LogP contribution in [0.15, 0.2) is 58.3 Å². The Hall–Kier alpha value is -0.860. The minimum atomic E-state index is 0.249. The molecule has 0 amide bonds. The summed E-state index contributed by atoms with van der Waals surface area (Å²) >= 11 is 4.13. The van der Waals surface area contributed by atoms with E-state index in [9.17, 15) is 0 Å². The van der Waals surface area contributed by atoms with Crippen LogP contribution in [0.4, 0.5) is 0 Å². The van der Waals surface area contributed by atoms with Gasteiger partial charge in [-0.3, -0.25) is 0 Å². The quantitative estimate of drug-likeness (QED) is 0.655. The second-order valence-corrected chi connectivity index (χ2v) is 7.85. The summed E-state index contributed by atoms with van der Waals surface area (Å²) in [6.45, 7) is 0. The van der Waals surface area contributed by atoms with E-state index in [2.05, 4.69) is 72.1 Å². The molecule has 0 nitrogen and oxygen atoms in total. The van der Waals surface area contributed by atoms with E-state index in [1.165, 1.54) is 29.1 Å². The number of aryl methyl sites for hydroxylation is 1. The highest BCUT2D eigenvalue weighted by molar-refractivity contribution is 8.20. The third-order valence-electron chi connectivity index (χ3n) is 3.78. The summed E-state index contributed by atoms with van der Waals surface area (Å²) in [6, 6.07) is 17.8. The molecule has 2 aliphatic rings. The number of thioether (sulfide) groups is 2. The average Bonchev–Trinajstić information content (AvgIpc) is 2.78. The molecule has 0 N–H and O–H groups in total. The van der Waals surface area contributed by atoms with E-state index >= 15 is 0 Å². The van der Waals surface area contributed by atoms with Gasteiger partial charge in [0, 0.05) is 9.79 Å². The smallest absolute Gasteiger partial charge is 0.0956 e. The van der Waals surface area contributed by atoms with Crippen LogP contribution in [-0.2, 0) is 10.5 Å². The van der Waals surface area contributed by atoms with E-state index < -0.39 is 0 Å². The first kappa shape index (κ1) is 11.0. The number of benzene rings is 2. The van der Waals surface area contributed by atoms with Gasteiger partial charge in [-0.25, -0.2) is 0 Å². The molecule has 0 unspecified atom stereocenters. The van der Waals surface area contributed by atoms with Crippen molar-refractivity contribution in [3.05, 3.63) is 59.7 Å². The van der Waals surface area contributed by atoms with Crippen LogP contribution in [0.1, 0.15) is 24.0 Å². The van der Waals surface area contributed by atoms with Crippen LogP contribution in [-0.4, -0.2) is 0 Å². The zero-order valence-electron chi connectivity index (χ0n) is 10.1. The molecule has 0 fully saturated rings. The molecule has 18 heavy (non-hydrogen) atoms. The Labute approximate surface area is 116 Å². The predicted molar refractivity (Wildman–Crippen MR) is 79.2 cm³/mol. The van der Waals surface area contributed by atoms with Gasteiger partial charge >= 0.3 is 0 Å². The third-order valence-corrected chi connectivity index (χ3v) is 7.07. The van der Waals surface area contributed by atoms with Crippen molar-refractivity contribution in [2.24, 2.45) is 0 Å². The Balaban J connectivity index is 1.84. The summed E-state index contributed by atoms with van der Waals surface area (Å²) in [5.41, 5.74) is 3.11. The van der Waals surface area contributed by atoms with Crippen LogP contribution < -0.4 is 0 Å². The summed E-state index contributed by atoms with van der Waals surface area (Å²) in [5, 5.41) is 0. The molecule has 0 atom stereocenters. The van der Waals surface area contributed by atoms with Crippen molar-refractivity contribution >= 4 is 23.5 Å². The highest BCUT2D eigenvalue weighted by atomic mass is 32.2. The number of hydrogen-bond acceptors (Lipinski definition) is 2. The lowest BCUT2D eigenvalue weighted by atomic mass is 9.91. The van der Waals surface area contributed by atoms with Crippen LogP contribution in [0.2, 0.25) is 0 Å². The largest absolute Gasteiger partial charge is 0.102 e. The zero-order chi connectivity index (χ0) is 12.0. The molecule has 1 spiro atoms. The minimum Gasteiger partial charge on any atom is -0.102 e. The molecule has 0 bridgehead atoms.